The van der Waals surface area contributed by atoms with Crippen LogP contribution in [-0.2, 0) is 9.53 Å². The molecule has 0 aromatic heterocycles. The molecule has 0 aliphatic heterocycles. The van der Waals surface area contributed by atoms with E-state index in [1.54, 1.807) is 7.11 Å². The Morgan fingerprint density at radius 3 is 3.00 bits per heavy atom. The number of amides is 1. The molecule has 0 aromatic carbocycles. The first kappa shape index (κ1) is 14.8. The molecular formula is C12H24N2O2S. The minimum absolute atomic E-state index is 0.0633. The van der Waals surface area contributed by atoms with Crippen molar-refractivity contribution in [1.82, 2.24) is 10.6 Å². The van der Waals surface area contributed by atoms with Gasteiger partial charge >= 0.3 is 0 Å². The molecule has 0 heterocycles. The zero-order valence-corrected chi connectivity index (χ0v) is 11.6. The summed E-state index contributed by atoms with van der Waals surface area (Å²) >= 11 is 1.94. The zero-order chi connectivity index (χ0) is 12.5. The minimum atomic E-state index is 0.0633. The molecule has 4 nitrogen and oxygen atoms in total. The summed E-state index contributed by atoms with van der Waals surface area (Å²) in [5.41, 5.74) is 0. The normalized spacial score (nSPS) is 24.6. The predicted molar refractivity (Wildman–Crippen MR) is 72.4 cm³/mol. The fourth-order valence-electron chi connectivity index (χ4n) is 2.14. The number of hydrogen-bond acceptors (Lipinski definition) is 4. The second kappa shape index (κ2) is 8.78. The molecular weight excluding hydrogens is 236 g/mol. The monoisotopic (exact) mass is 260 g/mol. The van der Waals surface area contributed by atoms with E-state index in [1.807, 2.05) is 11.8 Å². The van der Waals surface area contributed by atoms with Crippen LogP contribution in [0.5, 0.6) is 0 Å². The lowest BCUT2D eigenvalue weighted by molar-refractivity contribution is -0.120. The van der Waals surface area contributed by atoms with E-state index in [1.165, 1.54) is 25.7 Å². The fourth-order valence-corrected chi connectivity index (χ4v) is 2.96. The van der Waals surface area contributed by atoms with Crippen LogP contribution in [0, 0.1) is 0 Å². The van der Waals surface area contributed by atoms with Gasteiger partial charge in [0.15, 0.2) is 0 Å². The summed E-state index contributed by atoms with van der Waals surface area (Å²) in [5, 5.41) is 6.92. The van der Waals surface area contributed by atoms with Crippen LogP contribution in [0.15, 0.2) is 0 Å². The third-order valence-electron chi connectivity index (χ3n) is 3.14. The third kappa shape index (κ3) is 6.29. The van der Waals surface area contributed by atoms with E-state index in [4.69, 9.17) is 4.74 Å². The maximum absolute atomic E-state index is 11.5. The van der Waals surface area contributed by atoms with Gasteiger partial charge in [0.05, 0.1) is 13.2 Å². The van der Waals surface area contributed by atoms with Crippen molar-refractivity contribution < 1.29 is 9.53 Å². The maximum atomic E-state index is 11.5. The van der Waals surface area contributed by atoms with Crippen LogP contribution in [0.3, 0.4) is 0 Å². The lowest BCUT2D eigenvalue weighted by Crippen LogP contribution is -2.42. The molecule has 1 saturated carbocycles. The van der Waals surface area contributed by atoms with Gasteiger partial charge in [-0.3, -0.25) is 4.79 Å². The van der Waals surface area contributed by atoms with Crippen molar-refractivity contribution in [2.75, 3.05) is 33.1 Å². The van der Waals surface area contributed by atoms with Crippen LogP contribution >= 0.6 is 11.8 Å². The highest BCUT2D eigenvalue weighted by molar-refractivity contribution is 7.99. The van der Waals surface area contributed by atoms with Crippen molar-refractivity contribution in [1.29, 1.82) is 0 Å². The predicted octanol–water partition coefficient (Wildman–Crippen LogP) is 1.01. The van der Waals surface area contributed by atoms with Crippen LogP contribution in [0.2, 0.25) is 0 Å². The average Bonchev–Trinajstić information content (AvgIpc) is 2.37. The molecule has 1 aliphatic rings. The number of rotatable bonds is 7. The molecule has 1 fully saturated rings. The van der Waals surface area contributed by atoms with Crippen LogP contribution < -0.4 is 10.6 Å². The van der Waals surface area contributed by atoms with Crippen LogP contribution in [0.4, 0.5) is 0 Å². The average molecular weight is 260 g/mol. The first-order valence-electron chi connectivity index (χ1n) is 6.28. The van der Waals surface area contributed by atoms with Gasteiger partial charge in [-0.05, 0) is 25.5 Å². The van der Waals surface area contributed by atoms with E-state index in [-0.39, 0.29) is 5.91 Å². The van der Waals surface area contributed by atoms with Crippen molar-refractivity contribution in [2.45, 2.75) is 37.0 Å². The van der Waals surface area contributed by atoms with E-state index >= 15 is 0 Å². The third-order valence-corrected chi connectivity index (χ3v) is 4.23. The quantitative estimate of drug-likeness (QED) is 0.671. The zero-order valence-electron chi connectivity index (χ0n) is 10.8. The second-order valence-corrected chi connectivity index (χ2v) is 5.58. The summed E-state index contributed by atoms with van der Waals surface area (Å²) in [5.74, 6) is 0.0633. The van der Waals surface area contributed by atoms with Gasteiger partial charge in [-0.1, -0.05) is 6.42 Å². The van der Waals surface area contributed by atoms with Gasteiger partial charge in [0, 0.05) is 24.9 Å². The van der Waals surface area contributed by atoms with Crippen molar-refractivity contribution >= 4 is 17.7 Å². The Morgan fingerprint density at radius 1 is 1.47 bits per heavy atom. The summed E-state index contributed by atoms with van der Waals surface area (Å²) < 4.78 is 4.88. The lowest BCUT2D eigenvalue weighted by Gasteiger charge is -2.28. The Kier molecular flexibility index (Phi) is 7.64. The van der Waals surface area contributed by atoms with Gasteiger partial charge in [-0.25, -0.2) is 0 Å². The number of carbonyl (C=O) groups excluding carboxylic acids is 1. The molecule has 2 N–H and O–H groups in total. The van der Waals surface area contributed by atoms with Gasteiger partial charge in [0.2, 0.25) is 5.91 Å². The van der Waals surface area contributed by atoms with Gasteiger partial charge in [0.25, 0.3) is 0 Å². The van der Waals surface area contributed by atoms with Crippen molar-refractivity contribution in [3.63, 3.8) is 0 Å². The van der Waals surface area contributed by atoms with Crippen molar-refractivity contribution in [2.24, 2.45) is 0 Å². The molecule has 0 bridgehead atoms. The molecule has 0 saturated heterocycles. The van der Waals surface area contributed by atoms with Gasteiger partial charge in [-0.15, -0.1) is 0 Å². The number of ether oxygens (including phenoxy) is 1. The van der Waals surface area contributed by atoms with Gasteiger partial charge < -0.3 is 15.4 Å². The largest absolute Gasteiger partial charge is 0.383 e. The molecule has 1 rings (SSSR count). The number of thioether (sulfide) groups is 1. The Morgan fingerprint density at radius 2 is 2.29 bits per heavy atom. The summed E-state index contributed by atoms with van der Waals surface area (Å²) in [6.45, 7) is 1.59. The molecule has 0 spiro atoms. The Balaban J connectivity index is 2.10. The summed E-state index contributed by atoms with van der Waals surface area (Å²) in [6, 6.07) is 0.509. The van der Waals surface area contributed by atoms with Crippen LogP contribution in [0.1, 0.15) is 25.7 Å². The standard InChI is InChI=1S/C12H24N2O2S/c1-16-7-6-13-12(15)9-14-10-4-3-5-11(8-10)17-2/h10-11,14H,3-9H2,1-2H3,(H,13,15). The van der Waals surface area contributed by atoms with Crippen molar-refractivity contribution in [3.8, 4) is 0 Å². The first-order valence-corrected chi connectivity index (χ1v) is 7.57. The van der Waals surface area contributed by atoms with Crippen molar-refractivity contribution in [3.05, 3.63) is 0 Å². The molecule has 1 aliphatic carbocycles. The van der Waals surface area contributed by atoms with E-state index in [9.17, 15) is 4.79 Å². The lowest BCUT2D eigenvalue weighted by atomic mass is 9.95. The maximum Gasteiger partial charge on any atom is 0.234 e. The Hall–Kier alpha value is -0.260. The second-order valence-electron chi connectivity index (χ2n) is 4.44. The highest BCUT2D eigenvalue weighted by Crippen LogP contribution is 2.26. The number of hydrogen-bond donors (Lipinski definition) is 2. The van der Waals surface area contributed by atoms with Gasteiger partial charge in [0.1, 0.15) is 0 Å². The molecule has 17 heavy (non-hydrogen) atoms. The van der Waals surface area contributed by atoms with E-state index in [0.29, 0.717) is 25.7 Å². The summed E-state index contributed by atoms with van der Waals surface area (Å²) in [4.78, 5) is 11.5. The molecule has 5 heteroatoms. The SMILES string of the molecule is COCCNC(=O)CNC1CCCC(SC)C1. The summed E-state index contributed by atoms with van der Waals surface area (Å²) in [6.07, 6.45) is 7.15. The number of nitrogens with one attached hydrogen (secondary N) is 2. The number of carbonyl (C=O) groups is 1. The molecule has 0 radical (unpaired) electrons. The molecule has 1 amide bonds. The highest BCUT2D eigenvalue weighted by Gasteiger charge is 2.21. The Labute approximate surface area is 108 Å². The fraction of sp³-hybridized carbons (Fsp3) is 0.917. The highest BCUT2D eigenvalue weighted by atomic mass is 32.2. The molecule has 2 atom stereocenters. The van der Waals surface area contributed by atoms with E-state index in [2.05, 4.69) is 16.9 Å². The molecule has 100 valence electrons. The number of methoxy groups -OCH3 is 1. The van der Waals surface area contributed by atoms with E-state index < -0.39 is 0 Å². The van der Waals surface area contributed by atoms with Crippen LogP contribution in [0.25, 0.3) is 0 Å². The smallest absolute Gasteiger partial charge is 0.234 e. The van der Waals surface area contributed by atoms with E-state index in [0.717, 1.165) is 5.25 Å². The topological polar surface area (TPSA) is 50.4 Å². The molecule has 0 aromatic rings. The molecule has 2 unspecified atom stereocenters. The van der Waals surface area contributed by atoms with Crippen LogP contribution in [-0.4, -0.2) is 50.3 Å². The first-order chi connectivity index (χ1) is 8.26. The Bertz CT molecular complexity index is 227. The summed E-state index contributed by atoms with van der Waals surface area (Å²) in [7, 11) is 1.63. The minimum Gasteiger partial charge on any atom is -0.383 e. The van der Waals surface area contributed by atoms with Gasteiger partial charge in [-0.2, -0.15) is 11.8 Å².